The van der Waals surface area contributed by atoms with Crippen molar-refractivity contribution in [3.8, 4) is 0 Å². The lowest BCUT2D eigenvalue weighted by molar-refractivity contribution is 0.211. The summed E-state index contributed by atoms with van der Waals surface area (Å²) in [6.45, 7) is 2.45. The lowest BCUT2D eigenvalue weighted by Gasteiger charge is -2.31. The Balaban J connectivity index is 2.27. The molecular formula is C8H18N2S. The molecule has 0 bridgehead atoms. The van der Waals surface area contributed by atoms with Gasteiger partial charge in [-0.05, 0) is 45.9 Å². The first-order chi connectivity index (χ1) is 5.24. The largest absolute Gasteiger partial charge is 0.308 e. The van der Waals surface area contributed by atoms with E-state index in [9.17, 15) is 0 Å². The minimum Gasteiger partial charge on any atom is -0.308 e. The van der Waals surface area contributed by atoms with Gasteiger partial charge in [-0.25, -0.2) is 0 Å². The SMILES string of the molecule is CNC(S)C1CCN(C)CC1. The van der Waals surface area contributed by atoms with Crippen LogP contribution < -0.4 is 5.32 Å². The molecule has 0 aromatic carbocycles. The summed E-state index contributed by atoms with van der Waals surface area (Å²) in [4.78, 5) is 2.38. The molecule has 0 radical (unpaired) electrons. The maximum atomic E-state index is 4.47. The van der Waals surface area contributed by atoms with Crippen molar-refractivity contribution in [1.82, 2.24) is 10.2 Å². The zero-order valence-corrected chi connectivity index (χ0v) is 8.27. The van der Waals surface area contributed by atoms with Crippen LogP contribution in [0.3, 0.4) is 0 Å². The number of likely N-dealkylation sites (tertiary alicyclic amines) is 1. The number of nitrogens with zero attached hydrogens (tertiary/aromatic N) is 1. The fraction of sp³-hybridized carbons (Fsp3) is 1.00. The number of nitrogens with one attached hydrogen (secondary N) is 1. The first-order valence-corrected chi connectivity index (χ1v) is 4.79. The number of hydrogen-bond acceptors (Lipinski definition) is 3. The van der Waals surface area contributed by atoms with Crippen LogP contribution in [0.5, 0.6) is 0 Å². The molecule has 1 rings (SSSR count). The minimum absolute atomic E-state index is 0.392. The van der Waals surface area contributed by atoms with Gasteiger partial charge in [-0.15, -0.1) is 0 Å². The van der Waals surface area contributed by atoms with Crippen molar-refractivity contribution in [3.05, 3.63) is 0 Å². The highest BCUT2D eigenvalue weighted by atomic mass is 32.1. The highest BCUT2D eigenvalue weighted by Crippen LogP contribution is 2.21. The number of piperidine rings is 1. The molecule has 2 nitrogen and oxygen atoms in total. The molecule has 66 valence electrons. The van der Waals surface area contributed by atoms with Crippen molar-refractivity contribution in [2.75, 3.05) is 27.2 Å². The molecule has 11 heavy (non-hydrogen) atoms. The molecule has 1 fully saturated rings. The van der Waals surface area contributed by atoms with Crippen LogP contribution in [0.1, 0.15) is 12.8 Å². The molecule has 1 aliphatic rings. The summed E-state index contributed by atoms with van der Waals surface area (Å²) in [7, 11) is 4.17. The van der Waals surface area contributed by atoms with Gasteiger partial charge < -0.3 is 10.2 Å². The Kier molecular flexibility index (Phi) is 3.69. The Hall–Kier alpha value is 0.270. The molecule has 1 unspecified atom stereocenters. The second kappa shape index (κ2) is 4.33. The Morgan fingerprint density at radius 3 is 2.45 bits per heavy atom. The number of thiol groups is 1. The summed E-state index contributed by atoms with van der Waals surface area (Å²) >= 11 is 4.47. The first-order valence-electron chi connectivity index (χ1n) is 4.28. The lowest BCUT2D eigenvalue weighted by Crippen LogP contribution is -2.38. The van der Waals surface area contributed by atoms with E-state index in [0.29, 0.717) is 5.37 Å². The van der Waals surface area contributed by atoms with E-state index in [0.717, 1.165) is 5.92 Å². The Bertz CT molecular complexity index is 111. The molecule has 0 saturated carbocycles. The van der Waals surface area contributed by atoms with Gasteiger partial charge in [0, 0.05) is 0 Å². The zero-order valence-electron chi connectivity index (χ0n) is 7.38. The number of hydrogen-bond donors (Lipinski definition) is 2. The van der Waals surface area contributed by atoms with Crippen LogP contribution >= 0.6 is 12.6 Å². The third-order valence-corrected chi connectivity index (χ3v) is 3.19. The van der Waals surface area contributed by atoms with E-state index in [1.54, 1.807) is 0 Å². The van der Waals surface area contributed by atoms with Crippen molar-refractivity contribution in [2.45, 2.75) is 18.2 Å². The fourth-order valence-corrected chi connectivity index (χ4v) is 1.88. The summed E-state index contributed by atoms with van der Waals surface area (Å²) in [5.41, 5.74) is 0. The molecule has 0 aliphatic carbocycles. The van der Waals surface area contributed by atoms with E-state index in [4.69, 9.17) is 0 Å². The van der Waals surface area contributed by atoms with Gasteiger partial charge in [-0.2, -0.15) is 12.6 Å². The van der Waals surface area contributed by atoms with E-state index in [1.165, 1.54) is 25.9 Å². The van der Waals surface area contributed by atoms with E-state index >= 15 is 0 Å². The van der Waals surface area contributed by atoms with Crippen LogP contribution in [-0.4, -0.2) is 37.5 Å². The van der Waals surface area contributed by atoms with Crippen molar-refractivity contribution in [3.63, 3.8) is 0 Å². The molecule has 0 aromatic heterocycles. The average molecular weight is 174 g/mol. The van der Waals surface area contributed by atoms with E-state index in [2.05, 4.69) is 29.9 Å². The van der Waals surface area contributed by atoms with Crippen LogP contribution in [-0.2, 0) is 0 Å². The normalized spacial score (nSPS) is 25.4. The van der Waals surface area contributed by atoms with Crippen LogP contribution in [0.25, 0.3) is 0 Å². The Labute approximate surface area is 74.8 Å². The second-order valence-corrected chi connectivity index (χ2v) is 3.93. The van der Waals surface area contributed by atoms with E-state index < -0.39 is 0 Å². The van der Waals surface area contributed by atoms with E-state index in [-0.39, 0.29) is 0 Å². The van der Waals surface area contributed by atoms with Gasteiger partial charge in [-0.1, -0.05) is 0 Å². The summed E-state index contributed by atoms with van der Waals surface area (Å²) in [6.07, 6.45) is 2.57. The monoisotopic (exact) mass is 174 g/mol. The van der Waals surface area contributed by atoms with Crippen LogP contribution in [0, 0.1) is 5.92 Å². The second-order valence-electron chi connectivity index (χ2n) is 3.37. The molecule has 1 atom stereocenters. The van der Waals surface area contributed by atoms with Gasteiger partial charge in [0.15, 0.2) is 0 Å². The molecule has 1 N–H and O–H groups in total. The summed E-state index contributed by atoms with van der Waals surface area (Å²) < 4.78 is 0. The molecule has 3 heteroatoms. The lowest BCUT2D eigenvalue weighted by atomic mass is 9.97. The molecule has 1 saturated heterocycles. The molecule has 0 aromatic rings. The maximum absolute atomic E-state index is 4.47. The maximum Gasteiger partial charge on any atom is 0.0529 e. The van der Waals surface area contributed by atoms with Crippen molar-refractivity contribution < 1.29 is 0 Å². The smallest absolute Gasteiger partial charge is 0.0529 e. The highest BCUT2D eigenvalue weighted by molar-refractivity contribution is 7.80. The van der Waals surface area contributed by atoms with Crippen LogP contribution in [0.2, 0.25) is 0 Å². The third kappa shape index (κ3) is 2.65. The molecule has 1 aliphatic heterocycles. The Morgan fingerprint density at radius 2 is 2.00 bits per heavy atom. The van der Waals surface area contributed by atoms with Crippen LogP contribution in [0.15, 0.2) is 0 Å². The predicted molar refractivity (Wildman–Crippen MR) is 52.1 cm³/mol. The topological polar surface area (TPSA) is 15.3 Å². The van der Waals surface area contributed by atoms with Gasteiger partial charge in [0.2, 0.25) is 0 Å². The van der Waals surface area contributed by atoms with E-state index in [1.807, 2.05) is 7.05 Å². The minimum atomic E-state index is 0.392. The van der Waals surface area contributed by atoms with Crippen LogP contribution in [0.4, 0.5) is 0 Å². The average Bonchev–Trinajstić information content (AvgIpc) is 2.05. The quantitative estimate of drug-likeness (QED) is 0.476. The summed E-state index contributed by atoms with van der Waals surface area (Å²) in [5.74, 6) is 0.763. The van der Waals surface area contributed by atoms with Gasteiger partial charge in [-0.3, -0.25) is 0 Å². The van der Waals surface area contributed by atoms with Crippen molar-refractivity contribution in [2.24, 2.45) is 5.92 Å². The fourth-order valence-electron chi connectivity index (χ4n) is 1.58. The van der Waals surface area contributed by atoms with Gasteiger partial charge in [0.1, 0.15) is 0 Å². The molecule has 1 heterocycles. The van der Waals surface area contributed by atoms with Gasteiger partial charge >= 0.3 is 0 Å². The first kappa shape index (κ1) is 9.36. The summed E-state index contributed by atoms with van der Waals surface area (Å²) in [5, 5.41) is 3.59. The number of rotatable bonds is 2. The van der Waals surface area contributed by atoms with Gasteiger partial charge in [0.25, 0.3) is 0 Å². The molecule has 0 spiro atoms. The molecular weight excluding hydrogens is 156 g/mol. The Morgan fingerprint density at radius 1 is 1.45 bits per heavy atom. The summed E-state index contributed by atoms with van der Waals surface area (Å²) in [6, 6.07) is 0. The van der Waals surface area contributed by atoms with Crippen molar-refractivity contribution >= 4 is 12.6 Å². The van der Waals surface area contributed by atoms with Crippen molar-refractivity contribution in [1.29, 1.82) is 0 Å². The zero-order chi connectivity index (χ0) is 8.27. The standard InChI is InChI=1S/C8H18N2S/c1-9-8(11)7-3-5-10(2)6-4-7/h7-9,11H,3-6H2,1-2H3. The van der Waals surface area contributed by atoms with Gasteiger partial charge in [0.05, 0.1) is 5.37 Å². The molecule has 0 amide bonds. The predicted octanol–water partition coefficient (Wildman–Crippen LogP) is 0.803. The third-order valence-electron chi connectivity index (χ3n) is 2.51. The highest BCUT2D eigenvalue weighted by Gasteiger charge is 2.21.